The third-order valence-electron chi connectivity index (χ3n) is 3.01. The Labute approximate surface area is 129 Å². The fraction of sp³-hybridized carbons (Fsp3) is 0.500. The summed E-state index contributed by atoms with van der Waals surface area (Å²) in [5.74, 6) is -0.0563. The first kappa shape index (κ1) is 18.5. The number of hydrogen-bond acceptors (Lipinski definition) is 8. The van der Waals surface area contributed by atoms with Crippen LogP contribution >= 0.6 is 0 Å². The van der Waals surface area contributed by atoms with Crippen LogP contribution in [0.25, 0.3) is 0 Å². The number of benzene rings is 1. The molecule has 0 radical (unpaired) electrons. The Hall–Kier alpha value is -1.55. The zero-order chi connectivity index (χ0) is 16.4. The number of nitrogens with zero attached hydrogens (tertiary/aromatic N) is 1. The first-order chi connectivity index (χ1) is 10.5. The molecule has 8 heteroatoms. The second-order valence-corrected chi connectivity index (χ2v) is 4.79. The molecule has 0 aliphatic rings. The van der Waals surface area contributed by atoms with Crippen LogP contribution in [-0.2, 0) is 16.1 Å². The fourth-order valence-corrected chi connectivity index (χ4v) is 1.79. The Bertz CT molecular complexity index is 439. The molecule has 1 rings (SSSR count). The minimum absolute atomic E-state index is 0.109. The summed E-state index contributed by atoms with van der Waals surface area (Å²) in [5, 5.41) is 16.5. The minimum Gasteiger partial charge on any atom is -0.425 e. The van der Waals surface area contributed by atoms with Crippen LogP contribution in [0.2, 0.25) is 0 Å². The summed E-state index contributed by atoms with van der Waals surface area (Å²) in [6, 6.07) is 6.15. The molecule has 1 aromatic carbocycles. The zero-order valence-corrected chi connectivity index (χ0v) is 12.4. The highest BCUT2D eigenvalue weighted by Gasteiger charge is 2.15. The lowest BCUT2D eigenvalue weighted by Crippen LogP contribution is -2.34. The molecule has 0 spiro atoms. The first-order valence-electron chi connectivity index (χ1n) is 7.10. The Kier molecular flexibility index (Phi) is 8.60. The monoisotopic (exact) mass is 313 g/mol. The van der Waals surface area contributed by atoms with Crippen LogP contribution < -0.4 is 16.2 Å². The van der Waals surface area contributed by atoms with Crippen molar-refractivity contribution in [1.82, 2.24) is 5.39 Å². The Morgan fingerprint density at radius 3 is 2.50 bits per heavy atom. The van der Waals surface area contributed by atoms with Crippen molar-refractivity contribution in [2.75, 3.05) is 13.2 Å². The van der Waals surface area contributed by atoms with Gasteiger partial charge in [-0.15, -0.1) is 0 Å². The summed E-state index contributed by atoms with van der Waals surface area (Å²) in [5.41, 5.74) is 12.0. The van der Waals surface area contributed by atoms with Crippen LogP contribution in [0.15, 0.2) is 24.3 Å². The molecule has 1 aromatic rings. The van der Waals surface area contributed by atoms with Gasteiger partial charge < -0.3 is 16.2 Å². The van der Waals surface area contributed by atoms with E-state index in [1.165, 1.54) is 0 Å². The van der Waals surface area contributed by atoms with Gasteiger partial charge >= 0.3 is 5.97 Å². The molecule has 0 fully saturated rings. The Morgan fingerprint density at radius 2 is 1.91 bits per heavy atom. The van der Waals surface area contributed by atoms with E-state index in [4.69, 9.17) is 26.6 Å². The molecule has 124 valence electrons. The van der Waals surface area contributed by atoms with Gasteiger partial charge in [0, 0.05) is 0 Å². The summed E-state index contributed by atoms with van der Waals surface area (Å²) in [7, 11) is 0. The predicted octanol–water partition coefficient (Wildman–Crippen LogP) is 0.603. The standard InChI is InChI=1S/C14H23N3O5/c15-9-2-1-3-13(16)14(18)22-12-6-4-11(5-7-12)8-10-21-17(19)20/h4-7,13,19-20H,1-3,8-10,15-16H2. The molecular weight excluding hydrogens is 290 g/mol. The quantitative estimate of drug-likeness (QED) is 0.214. The van der Waals surface area contributed by atoms with Crippen molar-refractivity contribution >= 4 is 5.97 Å². The molecule has 1 atom stereocenters. The summed E-state index contributed by atoms with van der Waals surface area (Å²) in [6.45, 7) is 0.690. The third-order valence-corrected chi connectivity index (χ3v) is 3.01. The number of ether oxygens (including phenoxy) is 1. The maximum absolute atomic E-state index is 11.8. The smallest absolute Gasteiger partial charge is 0.328 e. The number of carbonyl (C=O) groups excluding carboxylic acids is 1. The molecule has 1 unspecified atom stereocenters. The average molecular weight is 313 g/mol. The molecule has 0 saturated carbocycles. The van der Waals surface area contributed by atoms with Crippen molar-refractivity contribution in [3.05, 3.63) is 29.8 Å². The summed E-state index contributed by atoms with van der Waals surface area (Å²) in [4.78, 5) is 16.2. The third kappa shape index (κ3) is 7.46. The van der Waals surface area contributed by atoms with E-state index in [1.807, 2.05) is 0 Å². The van der Waals surface area contributed by atoms with Crippen molar-refractivity contribution in [3.8, 4) is 5.75 Å². The van der Waals surface area contributed by atoms with Crippen LogP contribution in [0, 0.1) is 0 Å². The van der Waals surface area contributed by atoms with E-state index < -0.39 is 12.0 Å². The van der Waals surface area contributed by atoms with Gasteiger partial charge in [-0.3, -0.25) is 15.3 Å². The maximum atomic E-state index is 11.8. The molecule has 0 aliphatic heterocycles. The lowest BCUT2D eigenvalue weighted by atomic mass is 10.1. The molecule has 0 aromatic heterocycles. The van der Waals surface area contributed by atoms with Crippen LogP contribution in [0.4, 0.5) is 0 Å². The van der Waals surface area contributed by atoms with Crippen LogP contribution in [0.3, 0.4) is 0 Å². The maximum Gasteiger partial charge on any atom is 0.328 e. The van der Waals surface area contributed by atoms with Gasteiger partial charge in [0.1, 0.15) is 11.8 Å². The van der Waals surface area contributed by atoms with Crippen molar-refractivity contribution in [2.45, 2.75) is 31.7 Å². The molecule has 22 heavy (non-hydrogen) atoms. The minimum atomic E-state index is -0.653. The Morgan fingerprint density at radius 1 is 1.23 bits per heavy atom. The summed E-state index contributed by atoms with van der Waals surface area (Å²) in [6.07, 6.45) is 2.64. The van der Waals surface area contributed by atoms with E-state index in [0.717, 1.165) is 18.4 Å². The van der Waals surface area contributed by atoms with Gasteiger partial charge in [0.2, 0.25) is 0 Å². The average Bonchev–Trinajstić information content (AvgIpc) is 2.48. The summed E-state index contributed by atoms with van der Waals surface area (Å²) < 4.78 is 5.19. The van der Waals surface area contributed by atoms with Gasteiger partial charge in [-0.05, 0) is 43.5 Å². The number of nitrogens with two attached hydrogens (primary N) is 2. The SMILES string of the molecule is NCCCCC(N)C(=O)Oc1ccc(CCON(O)O)cc1. The second kappa shape index (κ2) is 10.2. The van der Waals surface area contributed by atoms with Crippen molar-refractivity contribution in [2.24, 2.45) is 11.5 Å². The fourth-order valence-electron chi connectivity index (χ4n) is 1.79. The highest BCUT2D eigenvalue weighted by atomic mass is 17.1. The first-order valence-corrected chi connectivity index (χ1v) is 7.10. The van der Waals surface area contributed by atoms with Crippen molar-refractivity contribution < 1.29 is 24.8 Å². The number of unbranched alkanes of at least 4 members (excludes halogenated alkanes) is 1. The Balaban J connectivity index is 2.38. The number of carbonyl (C=O) groups is 1. The van der Waals surface area contributed by atoms with Crippen LogP contribution in [0.5, 0.6) is 5.75 Å². The van der Waals surface area contributed by atoms with Crippen molar-refractivity contribution in [1.29, 1.82) is 0 Å². The van der Waals surface area contributed by atoms with E-state index in [-0.39, 0.29) is 12.0 Å². The van der Waals surface area contributed by atoms with Gasteiger partial charge in [0.25, 0.3) is 0 Å². The lowest BCUT2D eigenvalue weighted by Gasteiger charge is -2.11. The second-order valence-electron chi connectivity index (χ2n) is 4.79. The molecule has 0 heterocycles. The number of esters is 1. The zero-order valence-electron chi connectivity index (χ0n) is 12.4. The van der Waals surface area contributed by atoms with Gasteiger partial charge in [0.15, 0.2) is 0 Å². The van der Waals surface area contributed by atoms with Gasteiger partial charge in [-0.1, -0.05) is 18.6 Å². The number of rotatable bonds is 10. The predicted molar refractivity (Wildman–Crippen MR) is 78.0 cm³/mol. The molecular formula is C14H23N3O5. The highest BCUT2D eigenvalue weighted by Crippen LogP contribution is 2.14. The molecule has 0 bridgehead atoms. The summed E-state index contributed by atoms with van der Waals surface area (Å²) >= 11 is 0. The molecule has 0 amide bonds. The van der Waals surface area contributed by atoms with Gasteiger partial charge in [-0.2, -0.15) is 0 Å². The molecule has 0 saturated heterocycles. The van der Waals surface area contributed by atoms with E-state index in [9.17, 15) is 4.79 Å². The van der Waals surface area contributed by atoms with Crippen LogP contribution in [0.1, 0.15) is 24.8 Å². The largest absolute Gasteiger partial charge is 0.425 e. The van der Waals surface area contributed by atoms with Crippen molar-refractivity contribution in [3.63, 3.8) is 0 Å². The normalized spacial score (nSPS) is 12.4. The van der Waals surface area contributed by atoms with E-state index in [2.05, 4.69) is 4.84 Å². The molecule has 8 nitrogen and oxygen atoms in total. The van der Waals surface area contributed by atoms with E-state index >= 15 is 0 Å². The molecule has 6 N–H and O–H groups in total. The lowest BCUT2D eigenvalue weighted by molar-refractivity contribution is -0.492. The highest BCUT2D eigenvalue weighted by molar-refractivity contribution is 5.77. The van der Waals surface area contributed by atoms with Crippen LogP contribution in [-0.4, -0.2) is 41.0 Å². The topological polar surface area (TPSA) is 131 Å². The van der Waals surface area contributed by atoms with Gasteiger partial charge in [0.05, 0.1) is 12.0 Å². The molecule has 0 aliphatic carbocycles. The van der Waals surface area contributed by atoms with E-state index in [0.29, 0.717) is 25.1 Å². The number of hydrogen-bond donors (Lipinski definition) is 4. The van der Waals surface area contributed by atoms with Gasteiger partial charge in [-0.25, -0.2) is 4.79 Å². The van der Waals surface area contributed by atoms with E-state index in [1.54, 1.807) is 24.3 Å².